The summed E-state index contributed by atoms with van der Waals surface area (Å²) in [4.78, 5) is 13.6. The van der Waals surface area contributed by atoms with Crippen LogP contribution >= 0.6 is 0 Å². The smallest absolute Gasteiger partial charge is 0.314 e. The first-order valence-corrected chi connectivity index (χ1v) is 6.04. The molecule has 1 unspecified atom stereocenters. The Morgan fingerprint density at radius 1 is 1.53 bits per heavy atom. The summed E-state index contributed by atoms with van der Waals surface area (Å²) in [5.41, 5.74) is 0. The van der Waals surface area contributed by atoms with Crippen LogP contribution in [0.5, 0.6) is 0 Å². The van der Waals surface area contributed by atoms with Gasteiger partial charge in [0, 0.05) is 13.6 Å². The molecule has 2 N–H and O–H groups in total. The molecule has 1 fully saturated rings. The maximum atomic E-state index is 11.2. The van der Waals surface area contributed by atoms with Crippen LogP contribution in [0.2, 0.25) is 0 Å². The van der Waals surface area contributed by atoms with E-state index in [9.17, 15) is 4.79 Å². The summed E-state index contributed by atoms with van der Waals surface area (Å²) in [6.07, 6.45) is 4.12. The molecule has 5 nitrogen and oxygen atoms in total. The van der Waals surface area contributed by atoms with E-state index in [-0.39, 0.29) is 12.1 Å². The van der Waals surface area contributed by atoms with E-state index in [0.29, 0.717) is 6.54 Å². The van der Waals surface area contributed by atoms with Crippen molar-refractivity contribution in [2.45, 2.75) is 18.9 Å². The molecule has 0 saturated carbocycles. The Balaban J connectivity index is 1.99. The summed E-state index contributed by atoms with van der Waals surface area (Å²) in [5, 5.41) is 5.40. The second kappa shape index (κ2) is 5.72. The van der Waals surface area contributed by atoms with Crippen LogP contribution < -0.4 is 10.6 Å². The molecule has 1 aliphatic heterocycles. The molecule has 94 valence electrons. The Morgan fingerprint density at radius 2 is 2.29 bits per heavy atom. The van der Waals surface area contributed by atoms with Crippen LogP contribution in [0.4, 0.5) is 4.79 Å². The first-order chi connectivity index (χ1) is 8.31. The number of carbonyl (C=O) groups is 1. The number of hydrogen-bond acceptors (Lipinski definition) is 3. The fourth-order valence-electron chi connectivity index (χ4n) is 2.22. The van der Waals surface area contributed by atoms with Gasteiger partial charge in [-0.1, -0.05) is 0 Å². The summed E-state index contributed by atoms with van der Waals surface area (Å²) < 4.78 is 5.46. The molecular formula is C12H19N3O2. The van der Waals surface area contributed by atoms with E-state index >= 15 is 0 Å². The van der Waals surface area contributed by atoms with E-state index in [2.05, 4.69) is 15.5 Å². The molecule has 2 amide bonds. The van der Waals surface area contributed by atoms with Gasteiger partial charge in [-0.3, -0.25) is 4.90 Å². The average molecular weight is 237 g/mol. The summed E-state index contributed by atoms with van der Waals surface area (Å²) >= 11 is 0. The monoisotopic (exact) mass is 237 g/mol. The lowest BCUT2D eigenvalue weighted by Crippen LogP contribution is -2.40. The second-order valence-electron chi connectivity index (χ2n) is 4.23. The SMILES string of the molecule is CNC(=O)NCC(c1ccco1)N1CCCC1. The quantitative estimate of drug-likeness (QED) is 0.831. The third-order valence-electron chi connectivity index (χ3n) is 3.14. The van der Waals surface area contributed by atoms with Crippen molar-refractivity contribution in [1.29, 1.82) is 0 Å². The molecule has 0 radical (unpaired) electrons. The summed E-state index contributed by atoms with van der Waals surface area (Å²) in [6.45, 7) is 2.72. The minimum atomic E-state index is -0.152. The molecule has 2 heterocycles. The molecule has 17 heavy (non-hydrogen) atoms. The molecule has 0 aromatic carbocycles. The van der Waals surface area contributed by atoms with Crippen molar-refractivity contribution >= 4 is 6.03 Å². The Bertz CT molecular complexity index is 345. The number of hydrogen-bond donors (Lipinski definition) is 2. The highest BCUT2D eigenvalue weighted by atomic mass is 16.3. The molecule has 1 aromatic heterocycles. The van der Waals surface area contributed by atoms with Crippen LogP contribution in [0.15, 0.2) is 22.8 Å². The minimum absolute atomic E-state index is 0.143. The average Bonchev–Trinajstić information content (AvgIpc) is 3.01. The number of rotatable bonds is 4. The van der Waals surface area contributed by atoms with E-state index in [1.165, 1.54) is 12.8 Å². The van der Waals surface area contributed by atoms with Gasteiger partial charge in [-0.2, -0.15) is 0 Å². The molecule has 1 aromatic rings. The number of furan rings is 1. The molecule has 5 heteroatoms. The Kier molecular flexibility index (Phi) is 4.03. The first-order valence-electron chi connectivity index (χ1n) is 6.04. The summed E-state index contributed by atoms with van der Waals surface area (Å²) in [5.74, 6) is 0.920. The van der Waals surface area contributed by atoms with Crippen molar-refractivity contribution < 1.29 is 9.21 Å². The first kappa shape index (κ1) is 12.0. The van der Waals surface area contributed by atoms with Gasteiger partial charge >= 0.3 is 6.03 Å². The number of amides is 2. The highest BCUT2D eigenvalue weighted by Crippen LogP contribution is 2.24. The molecule has 1 atom stereocenters. The zero-order chi connectivity index (χ0) is 12.1. The van der Waals surface area contributed by atoms with Crippen molar-refractivity contribution in [3.63, 3.8) is 0 Å². The normalized spacial score (nSPS) is 17.9. The third-order valence-corrected chi connectivity index (χ3v) is 3.14. The predicted molar refractivity (Wildman–Crippen MR) is 64.7 cm³/mol. The predicted octanol–water partition coefficient (Wildman–Crippen LogP) is 1.35. The van der Waals surface area contributed by atoms with Gasteiger partial charge in [-0.15, -0.1) is 0 Å². The van der Waals surface area contributed by atoms with E-state index in [4.69, 9.17) is 4.42 Å². The van der Waals surface area contributed by atoms with Gasteiger partial charge in [0.25, 0.3) is 0 Å². The molecule has 0 bridgehead atoms. The minimum Gasteiger partial charge on any atom is -0.468 e. The highest BCUT2D eigenvalue weighted by molar-refractivity contribution is 5.73. The summed E-state index contributed by atoms with van der Waals surface area (Å²) in [6, 6.07) is 3.85. The lowest BCUT2D eigenvalue weighted by atomic mass is 10.2. The van der Waals surface area contributed by atoms with Crippen LogP contribution in [0, 0.1) is 0 Å². The number of urea groups is 1. The van der Waals surface area contributed by atoms with Crippen LogP contribution in [-0.4, -0.2) is 37.6 Å². The van der Waals surface area contributed by atoms with Crippen molar-refractivity contribution in [2.75, 3.05) is 26.7 Å². The molecule has 0 aliphatic carbocycles. The van der Waals surface area contributed by atoms with Crippen LogP contribution in [0.25, 0.3) is 0 Å². The second-order valence-corrected chi connectivity index (χ2v) is 4.23. The number of nitrogens with zero attached hydrogens (tertiary/aromatic N) is 1. The number of carbonyl (C=O) groups excluding carboxylic acids is 1. The van der Waals surface area contributed by atoms with Gasteiger partial charge in [0.1, 0.15) is 5.76 Å². The van der Waals surface area contributed by atoms with Gasteiger partial charge in [0.05, 0.1) is 12.3 Å². The van der Waals surface area contributed by atoms with Gasteiger partial charge < -0.3 is 15.1 Å². The zero-order valence-electron chi connectivity index (χ0n) is 10.1. The molecule has 0 spiro atoms. The molecule has 1 aliphatic rings. The maximum absolute atomic E-state index is 11.2. The van der Waals surface area contributed by atoms with Gasteiger partial charge in [0.2, 0.25) is 0 Å². The standard InChI is InChI=1S/C12H19N3O2/c1-13-12(16)14-9-10(11-5-4-8-17-11)15-6-2-3-7-15/h4-5,8,10H,2-3,6-7,9H2,1H3,(H2,13,14,16). The van der Waals surface area contributed by atoms with Crippen molar-refractivity contribution in [3.05, 3.63) is 24.2 Å². The third kappa shape index (κ3) is 3.00. The van der Waals surface area contributed by atoms with Crippen molar-refractivity contribution in [3.8, 4) is 0 Å². The Morgan fingerprint density at radius 3 is 2.88 bits per heavy atom. The lowest BCUT2D eigenvalue weighted by molar-refractivity contribution is 0.204. The largest absolute Gasteiger partial charge is 0.468 e. The number of nitrogens with one attached hydrogen (secondary N) is 2. The Labute approximate surface area is 101 Å². The van der Waals surface area contributed by atoms with Gasteiger partial charge in [-0.05, 0) is 38.1 Å². The van der Waals surface area contributed by atoms with E-state index in [1.54, 1.807) is 13.3 Å². The molecular weight excluding hydrogens is 218 g/mol. The molecule has 2 rings (SSSR count). The van der Waals surface area contributed by atoms with Crippen molar-refractivity contribution in [2.24, 2.45) is 0 Å². The van der Waals surface area contributed by atoms with Crippen LogP contribution in [0.1, 0.15) is 24.6 Å². The number of likely N-dealkylation sites (tertiary alicyclic amines) is 1. The maximum Gasteiger partial charge on any atom is 0.314 e. The fourth-order valence-corrected chi connectivity index (χ4v) is 2.22. The fraction of sp³-hybridized carbons (Fsp3) is 0.583. The Hall–Kier alpha value is -1.49. The van der Waals surface area contributed by atoms with E-state index in [1.807, 2.05) is 12.1 Å². The van der Waals surface area contributed by atoms with E-state index in [0.717, 1.165) is 18.8 Å². The van der Waals surface area contributed by atoms with Crippen LogP contribution in [-0.2, 0) is 0 Å². The highest BCUT2D eigenvalue weighted by Gasteiger charge is 2.25. The van der Waals surface area contributed by atoms with Crippen LogP contribution in [0.3, 0.4) is 0 Å². The topological polar surface area (TPSA) is 57.5 Å². The van der Waals surface area contributed by atoms with Gasteiger partial charge in [0.15, 0.2) is 0 Å². The summed E-state index contributed by atoms with van der Waals surface area (Å²) in [7, 11) is 1.62. The van der Waals surface area contributed by atoms with Gasteiger partial charge in [-0.25, -0.2) is 4.79 Å². The lowest BCUT2D eigenvalue weighted by Gasteiger charge is -2.25. The van der Waals surface area contributed by atoms with E-state index < -0.39 is 0 Å². The zero-order valence-corrected chi connectivity index (χ0v) is 10.1. The van der Waals surface area contributed by atoms with Crippen molar-refractivity contribution in [1.82, 2.24) is 15.5 Å². The molecule has 1 saturated heterocycles.